The highest BCUT2D eigenvalue weighted by atomic mass is 16.2. The maximum absolute atomic E-state index is 12.4. The molecule has 0 aromatic heterocycles. The minimum absolute atomic E-state index is 0.421. The third-order valence-electron chi connectivity index (χ3n) is 4.41. The van der Waals surface area contributed by atoms with E-state index in [9.17, 15) is 4.79 Å². The van der Waals surface area contributed by atoms with E-state index in [1.54, 1.807) is 0 Å². The summed E-state index contributed by atoms with van der Waals surface area (Å²) in [6.45, 7) is 5.48. The Morgan fingerprint density at radius 1 is 1.21 bits per heavy atom. The van der Waals surface area contributed by atoms with Crippen LogP contribution in [0.5, 0.6) is 0 Å². The highest BCUT2D eigenvalue weighted by Crippen LogP contribution is 2.29. The van der Waals surface area contributed by atoms with Crippen molar-refractivity contribution in [3.63, 3.8) is 0 Å². The molecule has 1 aliphatic carbocycles. The molecule has 1 saturated carbocycles. The van der Waals surface area contributed by atoms with Crippen LogP contribution in [0.15, 0.2) is 0 Å². The summed E-state index contributed by atoms with van der Waals surface area (Å²) in [5, 5.41) is 3.46. The van der Waals surface area contributed by atoms with Crippen LogP contribution in [0.25, 0.3) is 0 Å². The van der Waals surface area contributed by atoms with Crippen LogP contribution in [0.2, 0.25) is 0 Å². The standard InChI is InChI=1S/C16H30N2O/c1-2-3-4-5-8-16(19)18(15-9-10-15)13-14-7-6-11-17-12-14/h14-15,17H,2-13H2,1H3. The molecular formula is C16H30N2O. The van der Waals surface area contributed by atoms with Crippen molar-refractivity contribution in [3.8, 4) is 0 Å². The smallest absolute Gasteiger partial charge is 0.222 e. The van der Waals surface area contributed by atoms with E-state index in [2.05, 4.69) is 17.1 Å². The van der Waals surface area contributed by atoms with Crippen molar-refractivity contribution in [3.05, 3.63) is 0 Å². The summed E-state index contributed by atoms with van der Waals surface area (Å²) in [7, 11) is 0. The number of carbonyl (C=O) groups is 1. The summed E-state index contributed by atoms with van der Waals surface area (Å²) in [6, 6.07) is 0.584. The van der Waals surface area contributed by atoms with Crippen molar-refractivity contribution in [2.24, 2.45) is 5.92 Å². The molecule has 1 heterocycles. The van der Waals surface area contributed by atoms with Gasteiger partial charge in [0.2, 0.25) is 5.91 Å². The largest absolute Gasteiger partial charge is 0.339 e. The predicted octanol–water partition coefficient (Wildman–Crippen LogP) is 2.95. The normalized spacial score (nSPS) is 23.3. The molecule has 1 amide bonds. The first kappa shape index (κ1) is 14.8. The van der Waals surface area contributed by atoms with Gasteiger partial charge in [-0.05, 0) is 51.1 Å². The molecule has 3 heteroatoms. The highest BCUT2D eigenvalue weighted by Gasteiger charge is 2.33. The molecule has 1 N–H and O–H groups in total. The van der Waals surface area contributed by atoms with Gasteiger partial charge in [0.05, 0.1) is 0 Å². The SMILES string of the molecule is CCCCCCC(=O)N(CC1CCCNC1)C1CC1. The number of hydrogen-bond donors (Lipinski definition) is 1. The van der Waals surface area contributed by atoms with Crippen LogP contribution in [-0.2, 0) is 4.79 Å². The zero-order valence-electron chi connectivity index (χ0n) is 12.5. The highest BCUT2D eigenvalue weighted by molar-refractivity contribution is 5.76. The van der Waals surface area contributed by atoms with Gasteiger partial charge in [-0.2, -0.15) is 0 Å². The fourth-order valence-corrected chi connectivity index (χ4v) is 3.05. The minimum atomic E-state index is 0.421. The molecule has 1 atom stereocenters. The van der Waals surface area contributed by atoms with E-state index >= 15 is 0 Å². The van der Waals surface area contributed by atoms with Crippen molar-refractivity contribution in [1.82, 2.24) is 10.2 Å². The summed E-state index contributed by atoms with van der Waals surface area (Å²) < 4.78 is 0. The number of nitrogens with one attached hydrogen (secondary N) is 1. The molecule has 1 aliphatic heterocycles. The molecule has 0 aromatic rings. The molecule has 19 heavy (non-hydrogen) atoms. The minimum Gasteiger partial charge on any atom is -0.339 e. The van der Waals surface area contributed by atoms with E-state index in [-0.39, 0.29) is 0 Å². The lowest BCUT2D eigenvalue weighted by atomic mass is 9.98. The lowest BCUT2D eigenvalue weighted by Crippen LogP contribution is -2.42. The van der Waals surface area contributed by atoms with Crippen molar-refractivity contribution in [2.45, 2.75) is 70.8 Å². The fourth-order valence-electron chi connectivity index (χ4n) is 3.05. The lowest BCUT2D eigenvalue weighted by Gasteiger charge is -2.30. The number of amides is 1. The topological polar surface area (TPSA) is 32.3 Å². The van der Waals surface area contributed by atoms with Gasteiger partial charge >= 0.3 is 0 Å². The molecule has 0 spiro atoms. The van der Waals surface area contributed by atoms with Crippen LogP contribution in [0.1, 0.15) is 64.7 Å². The van der Waals surface area contributed by atoms with E-state index in [0.717, 1.165) is 32.5 Å². The van der Waals surface area contributed by atoms with Gasteiger partial charge in [0.25, 0.3) is 0 Å². The van der Waals surface area contributed by atoms with E-state index in [4.69, 9.17) is 0 Å². The molecule has 2 rings (SSSR count). The maximum Gasteiger partial charge on any atom is 0.222 e. The van der Waals surface area contributed by atoms with Crippen molar-refractivity contribution >= 4 is 5.91 Å². The van der Waals surface area contributed by atoms with Crippen molar-refractivity contribution < 1.29 is 4.79 Å². The first-order valence-corrected chi connectivity index (χ1v) is 8.31. The van der Waals surface area contributed by atoms with Crippen molar-refractivity contribution in [1.29, 1.82) is 0 Å². The van der Waals surface area contributed by atoms with Gasteiger partial charge in [-0.3, -0.25) is 4.79 Å². The summed E-state index contributed by atoms with van der Waals surface area (Å²) in [6.07, 6.45) is 10.6. The number of unbranched alkanes of at least 4 members (excludes halogenated alkanes) is 3. The summed E-state index contributed by atoms with van der Waals surface area (Å²) in [4.78, 5) is 14.6. The number of hydrogen-bond acceptors (Lipinski definition) is 2. The van der Waals surface area contributed by atoms with E-state index < -0.39 is 0 Å². The van der Waals surface area contributed by atoms with E-state index in [0.29, 0.717) is 17.9 Å². The Labute approximate surface area is 118 Å². The number of carbonyl (C=O) groups excluding carboxylic acids is 1. The van der Waals surface area contributed by atoms with Gasteiger partial charge in [0.15, 0.2) is 0 Å². The lowest BCUT2D eigenvalue weighted by molar-refractivity contribution is -0.132. The molecule has 1 unspecified atom stereocenters. The third kappa shape index (κ3) is 5.13. The maximum atomic E-state index is 12.4. The Hall–Kier alpha value is -0.570. The van der Waals surface area contributed by atoms with Crippen LogP contribution in [0, 0.1) is 5.92 Å². The van der Waals surface area contributed by atoms with Crippen LogP contribution >= 0.6 is 0 Å². The second-order valence-electron chi connectivity index (χ2n) is 6.30. The molecule has 2 fully saturated rings. The van der Waals surface area contributed by atoms with Gasteiger partial charge < -0.3 is 10.2 Å². The van der Waals surface area contributed by atoms with Crippen LogP contribution < -0.4 is 5.32 Å². The Balaban J connectivity index is 1.73. The zero-order valence-corrected chi connectivity index (χ0v) is 12.5. The molecule has 0 bridgehead atoms. The van der Waals surface area contributed by atoms with Gasteiger partial charge in [0.1, 0.15) is 0 Å². The second-order valence-corrected chi connectivity index (χ2v) is 6.30. The summed E-state index contributed by atoms with van der Waals surface area (Å²) in [5.41, 5.74) is 0. The first-order chi connectivity index (χ1) is 9.31. The third-order valence-corrected chi connectivity index (χ3v) is 4.41. The first-order valence-electron chi connectivity index (χ1n) is 8.31. The Morgan fingerprint density at radius 3 is 2.68 bits per heavy atom. The molecular weight excluding hydrogens is 236 g/mol. The molecule has 3 nitrogen and oxygen atoms in total. The Kier molecular flexibility index (Phi) is 6.15. The average Bonchev–Trinajstić information content (AvgIpc) is 3.26. The second kappa shape index (κ2) is 7.88. The zero-order chi connectivity index (χ0) is 13.5. The molecule has 110 valence electrons. The average molecular weight is 266 g/mol. The van der Waals surface area contributed by atoms with Gasteiger partial charge in [-0.1, -0.05) is 26.2 Å². The van der Waals surface area contributed by atoms with Crippen LogP contribution in [0.4, 0.5) is 0 Å². The van der Waals surface area contributed by atoms with Crippen LogP contribution in [-0.4, -0.2) is 36.5 Å². The van der Waals surface area contributed by atoms with Gasteiger partial charge in [-0.15, -0.1) is 0 Å². The quantitative estimate of drug-likeness (QED) is 0.685. The monoisotopic (exact) mass is 266 g/mol. The Morgan fingerprint density at radius 2 is 2.05 bits per heavy atom. The fraction of sp³-hybridized carbons (Fsp3) is 0.938. The van der Waals surface area contributed by atoms with Crippen LogP contribution in [0.3, 0.4) is 0 Å². The van der Waals surface area contributed by atoms with Crippen molar-refractivity contribution in [2.75, 3.05) is 19.6 Å². The summed E-state index contributed by atoms with van der Waals surface area (Å²) >= 11 is 0. The molecule has 1 saturated heterocycles. The summed E-state index contributed by atoms with van der Waals surface area (Å²) in [5.74, 6) is 1.11. The van der Waals surface area contributed by atoms with Gasteiger partial charge in [-0.25, -0.2) is 0 Å². The molecule has 0 radical (unpaired) electrons. The molecule has 2 aliphatic rings. The predicted molar refractivity (Wildman–Crippen MR) is 79.1 cm³/mol. The van der Waals surface area contributed by atoms with Gasteiger partial charge in [0, 0.05) is 19.0 Å². The number of piperidine rings is 1. The molecule has 0 aromatic carbocycles. The number of nitrogens with zero attached hydrogens (tertiary/aromatic N) is 1. The number of rotatable bonds is 8. The van der Waals surface area contributed by atoms with E-state index in [1.165, 1.54) is 44.9 Å². The van der Waals surface area contributed by atoms with E-state index in [1.807, 2.05) is 0 Å². The Bertz CT molecular complexity index is 270.